The molecule has 1 heterocycles. The van der Waals surface area contributed by atoms with Crippen molar-refractivity contribution in [2.45, 2.75) is 17.5 Å². The van der Waals surface area contributed by atoms with Crippen LogP contribution in [0.25, 0.3) is 0 Å². The SMILES string of the molecule is COCCn1ncc(Br)c1C(O)CSc1cccc(F)c1. The standard InChI is InChI=1S/C14H16BrFN2O2S/c1-20-6-5-18-14(12(15)8-17-18)13(19)9-21-11-4-2-3-10(16)7-11/h2-4,7-8,13,19H,5-6,9H2,1H3. The van der Waals surface area contributed by atoms with E-state index in [0.717, 1.165) is 9.37 Å². The summed E-state index contributed by atoms with van der Waals surface area (Å²) in [7, 11) is 1.62. The van der Waals surface area contributed by atoms with Crippen LogP contribution in [0.5, 0.6) is 0 Å². The van der Waals surface area contributed by atoms with E-state index < -0.39 is 6.10 Å². The molecule has 1 aromatic heterocycles. The van der Waals surface area contributed by atoms with Crippen molar-refractivity contribution in [3.05, 3.63) is 46.4 Å². The molecule has 1 aromatic carbocycles. The lowest BCUT2D eigenvalue weighted by molar-refractivity contribution is 0.166. The quantitative estimate of drug-likeness (QED) is 0.755. The topological polar surface area (TPSA) is 47.3 Å². The van der Waals surface area contributed by atoms with Crippen LogP contribution in [0, 0.1) is 5.82 Å². The highest BCUT2D eigenvalue weighted by Crippen LogP contribution is 2.29. The number of aliphatic hydroxyl groups excluding tert-OH is 1. The Labute approximate surface area is 135 Å². The third-order valence-corrected chi connectivity index (χ3v) is 4.54. The van der Waals surface area contributed by atoms with Gasteiger partial charge in [0.2, 0.25) is 0 Å². The summed E-state index contributed by atoms with van der Waals surface area (Å²) in [5.41, 5.74) is 0.705. The number of hydrogen-bond acceptors (Lipinski definition) is 4. The first-order valence-corrected chi connectivity index (χ1v) is 8.16. The summed E-state index contributed by atoms with van der Waals surface area (Å²) in [4.78, 5) is 0.785. The van der Waals surface area contributed by atoms with Gasteiger partial charge >= 0.3 is 0 Å². The fourth-order valence-electron chi connectivity index (χ4n) is 1.87. The van der Waals surface area contributed by atoms with Gasteiger partial charge in [0.1, 0.15) is 11.9 Å². The molecule has 1 atom stereocenters. The Morgan fingerprint density at radius 3 is 3.05 bits per heavy atom. The Morgan fingerprint density at radius 1 is 1.52 bits per heavy atom. The summed E-state index contributed by atoms with van der Waals surface area (Å²) in [6, 6.07) is 6.33. The zero-order valence-corrected chi connectivity index (χ0v) is 13.9. The molecule has 2 aromatic rings. The third kappa shape index (κ3) is 4.54. The van der Waals surface area contributed by atoms with Gasteiger partial charge in [0.15, 0.2) is 0 Å². The van der Waals surface area contributed by atoms with Crippen molar-refractivity contribution < 1.29 is 14.2 Å². The van der Waals surface area contributed by atoms with E-state index in [1.54, 1.807) is 24.1 Å². The van der Waals surface area contributed by atoms with Crippen LogP contribution in [0.1, 0.15) is 11.8 Å². The third-order valence-electron chi connectivity index (χ3n) is 2.86. The Morgan fingerprint density at radius 2 is 2.33 bits per heavy atom. The maximum atomic E-state index is 13.1. The number of hydrogen-bond donors (Lipinski definition) is 1. The molecule has 2 rings (SSSR count). The molecule has 1 unspecified atom stereocenters. The molecule has 0 bridgehead atoms. The van der Waals surface area contributed by atoms with Crippen molar-refractivity contribution in [3.63, 3.8) is 0 Å². The van der Waals surface area contributed by atoms with Gasteiger partial charge in [-0.15, -0.1) is 11.8 Å². The summed E-state index contributed by atoms with van der Waals surface area (Å²) in [6.07, 6.45) is 0.952. The molecule has 0 radical (unpaired) electrons. The molecule has 4 nitrogen and oxygen atoms in total. The number of aliphatic hydroxyl groups is 1. The van der Waals surface area contributed by atoms with Crippen molar-refractivity contribution in [1.29, 1.82) is 0 Å². The van der Waals surface area contributed by atoms with E-state index in [9.17, 15) is 9.50 Å². The summed E-state index contributed by atoms with van der Waals surface area (Å²) in [6.45, 7) is 1.09. The zero-order valence-electron chi connectivity index (χ0n) is 11.5. The molecule has 1 N–H and O–H groups in total. The zero-order chi connectivity index (χ0) is 15.2. The fraction of sp³-hybridized carbons (Fsp3) is 0.357. The average molecular weight is 375 g/mol. The molecule has 0 fully saturated rings. The molecular weight excluding hydrogens is 359 g/mol. The van der Waals surface area contributed by atoms with Gasteiger partial charge in [-0.3, -0.25) is 4.68 Å². The summed E-state index contributed by atoms with van der Waals surface area (Å²) in [5.74, 6) is 0.140. The lowest BCUT2D eigenvalue weighted by Gasteiger charge is -2.14. The number of rotatable bonds is 7. The first-order valence-electron chi connectivity index (χ1n) is 6.38. The first kappa shape index (κ1) is 16.5. The number of halogens is 2. The molecule has 0 amide bonds. The molecular formula is C14H16BrFN2O2S. The number of ether oxygens (including phenoxy) is 1. The first-order chi connectivity index (χ1) is 10.1. The minimum Gasteiger partial charge on any atom is -0.386 e. The molecule has 0 saturated carbocycles. The van der Waals surface area contributed by atoms with E-state index in [2.05, 4.69) is 21.0 Å². The summed E-state index contributed by atoms with van der Waals surface area (Å²) < 4.78 is 20.6. The van der Waals surface area contributed by atoms with Crippen LogP contribution >= 0.6 is 27.7 Å². The molecule has 0 aliphatic rings. The second kappa shape index (κ2) is 7.93. The van der Waals surface area contributed by atoms with E-state index >= 15 is 0 Å². The minimum atomic E-state index is -0.702. The van der Waals surface area contributed by atoms with Crippen LogP contribution in [0.2, 0.25) is 0 Å². The van der Waals surface area contributed by atoms with Gasteiger partial charge in [0.25, 0.3) is 0 Å². The number of thioether (sulfide) groups is 1. The van der Waals surface area contributed by atoms with Crippen LogP contribution in [0.4, 0.5) is 4.39 Å². The molecule has 21 heavy (non-hydrogen) atoms. The summed E-state index contributed by atoms with van der Waals surface area (Å²) >= 11 is 4.79. The second-order valence-corrected chi connectivity index (χ2v) is 6.33. The normalized spacial score (nSPS) is 12.6. The van der Waals surface area contributed by atoms with Crippen molar-refractivity contribution >= 4 is 27.7 Å². The molecule has 114 valence electrons. The van der Waals surface area contributed by atoms with Crippen LogP contribution in [-0.2, 0) is 11.3 Å². The highest BCUT2D eigenvalue weighted by Gasteiger charge is 2.18. The maximum absolute atomic E-state index is 13.1. The van der Waals surface area contributed by atoms with E-state index in [1.165, 1.54) is 23.9 Å². The number of nitrogens with zero attached hydrogens (tertiary/aromatic N) is 2. The van der Waals surface area contributed by atoms with Gasteiger partial charge in [-0.1, -0.05) is 6.07 Å². The highest BCUT2D eigenvalue weighted by molar-refractivity contribution is 9.10. The molecule has 0 aliphatic carbocycles. The monoisotopic (exact) mass is 374 g/mol. The Balaban J connectivity index is 2.02. The largest absolute Gasteiger partial charge is 0.386 e. The van der Waals surface area contributed by atoms with Gasteiger partial charge < -0.3 is 9.84 Å². The van der Waals surface area contributed by atoms with E-state index in [0.29, 0.717) is 24.6 Å². The second-order valence-electron chi connectivity index (χ2n) is 4.38. The number of benzene rings is 1. The maximum Gasteiger partial charge on any atom is 0.124 e. The van der Waals surface area contributed by atoms with Crippen LogP contribution < -0.4 is 0 Å². The highest BCUT2D eigenvalue weighted by atomic mass is 79.9. The molecule has 0 spiro atoms. The Hall–Kier alpha value is -0.890. The van der Waals surface area contributed by atoms with Gasteiger partial charge in [0, 0.05) is 17.8 Å². The van der Waals surface area contributed by atoms with Crippen molar-refractivity contribution in [2.75, 3.05) is 19.5 Å². The molecule has 0 saturated heterocycles. The van der Waals surface area contributed by atoms with Gasteiger partial charge in [-0.05, 0) is 34.1 Å². The number of aromatic nitrogens is 2. The predicted molar refractivity (Wildman–Crippen MR) is 83.9 cm³/mol. The molecule has 7 heteroatoms. The van der Waals surface area contributed by atoms with E-state index in [1.807, 2.05) is 6.07 Å². The van der Waals surface area contributed by atoms with Crippen LogP contribution in [-0.4, -0.2) is 34.4 Å². The van der Waals surface area contributed by atoms with Crippen LogP contribution in [0.15, 0.2) is 39.8 Å². The Bertz CT molecular complexity index is 594. The Kier molecular flexibility index (Phi) is 6.22. The van der Waals surface area contributed by atoms with E-state index in [4.69, 9.17) is 4.74 Å². The smallest absolute Gasteiger partial charge is 0.124 e. The van der Waals surface area contributed by atoms with Gasteiger partial charge in [-0.25, -0.2) is 4.39 Å². The van der Waals surface area contributed by atoms with Gasteiger partial charge in [0.05, 0.1) is 29.5 Å². The molecule has 0 aliphatic heterocycles. The van der Waals surface area contributed by atoms with Crippen molar-refractivity contribution in [3.8, 4) is 0 Å². The lowest BCUT2D eigenvalue weighted by atomic mass is 10.3. The average Bonchev–Trinajstić information content (AvgIpc) is 2.83. The lowest BCUT2D eigenvalue weighted by Crippen LogP contribution is -2.14. The summed E-state index contributed by atoms with van der Waals surface area (Å²) in [5, 5.41) is 14.6. The van der Waals surface area contributed by atoms with Crippen molar-refractivity contribution in [1.82, 2.24) is 9.78 Å². The minimum absolute atomic E-state index is 0.277. The van der Waals surface area contributed by atoms with Crippen LogP contribution in [0.3, 0.4) is 0 Å². The predicted octanol–water partition coefficient (Wildman–Crippen LogP) is 3.26. The van der Waals surface area contributed by atoms with Crippen molar-refractivity contribution in [2.24, 2.45) is 0 Å². The van der Waals surface area contributed by atoms with Gasteiger partial charge in [-0.2, -0.15) is 5.10 Å². The number of methoxy groups -OCH3 is 1. The van der Waals surface area contributed by atoms with E-state index in [-0.39, 0.29) is 5.82 Å². The fourth-order valence-corrected chi connectivity index (χ4v) is 3.31.